The number of para-hydroxylation sites is 1. The fraction of sp³-hybridized carbons (Fsp3) is 0.526. The first-order valence-electron chi connectivity index (χ1n) is 9.28. The van der Waals surface area contributed by atoms with E-state index in [1.54, 1.807) is 0 Å². The lowest BCUT2D eigenvalue weighted by molar-refractivity contribution is -0.133. The maximum absolute atomic E-state index is 12.6. The Morgan fingerprint density at radius 3 is 2.58 bits per heavy atom. The van der Waals surface area contributed by atoms with Gasteiger partial charge in [-0.1, -0.05) is 18.2 Å². The molecule has 2 saturated heterocycles. The number of rotatable bonds is 4. The van der Waals surface area contributed by atoms with E-state index in [1.165, 1.54) is 5.39 Å². The van der Waals surface area contributed by atoms with Gasteiger partial charge in [0.2, 0.25) is 5.91 Å². The zero-order valence-electron chi connectivity index (χ0n) is 14.9. The fourth-order valence-electron chi connectivity index (χ4n) is 4.11. The van der Waals surface area contributed by atoms with E-state index in [-0.39, 0.29) is 17.7 Å². The molecule has 1 atom stereocenters. The molecule has 0 N–H and O–H groups in total. The van der Waals surface area contributed by atoms with Crippen molar-refractivity contribution in [2.75, 3.05) is 37.7 Å². The topological polar surface area (TPSA) is 62.6 Å². The smallest absolute Gasteiger partial charge is 0.224 e. The van der Waals surface area contributed by atoms with Gasteiger partial charge in [-0.15, -0.1) is 0 Å². The first-order chi connectivity index (χ1) is 12.5. The van der Waals surface area contributed by atoms with Crippen molar-refractivity contribution in [2.45, 2.75) is 25.4 Å². The van der Waals surface area contributed by atoms with E-state index in [2.05, 4.69) is 27.7 Å². The fourth-order valence-corrected chi connectivity index (χ4v) is 5.87. The predicted octanol–water partition coefficient (Wildman–Crippen LogP) is 1.36. The molecular formula is C19H25N3O3S. The van der Waals surface area contributed by atoms with Crippen LogP contribution < -0.4 is 0 Å². The number of hydrogen-bond acceptors (Lipinski definition) is 4. The van der Waals surface area contributed by atoms with Crippen molar-refractivity contribution in [1.82, 2.24) is 14.4 Å². The molecule has 2 aliphatic rings. The van der Waals surface area contributed by atoms with Gasteiger partial charge in [-0.25, -0.2) is 8.42 Å². The van der Waals surface area contributed by atoms with Crippen molar-refractivity contribution in [2.24, 2.45) is 0 Å². The zero-order chi connectivity index (χ0) is 18.1. The molecule has 1 amide bonds. The number of aromatic nitrogens is 1. The van der Waals surface area contributed by atoms with Crippen molar-refractivity contribution in [1.29, 1.82) is 0 Å². The normalized spacial score (nSPS) is 23.5. The molecule has 6 nitrogen and oxygen atoms in total. The summed E-state index contributed by atoms with van der Waals surface area (Å²) in [5, 5.41) is 1.19. The Bertz CT molecular complexity index is 898. The summed E-state index contributed by atoms with van der Waals surface area (Å²) in [6, 6.07) is 10.4. The molecule has 3 heterocycles. The van der Waals surface area contributed by atoms with Gasteiger partial charge >= 0.3 is 0 Å². The Kier molecular flexibility index (Phi) is 4.75. The van der Waals surface area contributed by atoms with Gasteiger partial charge in [0.1, 0.15) is 0 Å². The van der Waals surface area contributed by atoms with Crippen LogP contribution in [0.15, 0.2) is 36.5 Å². The third-order valence-electron chi connectivity index (χ3n) is 5.64. The third kappa shape index (κ3) is 3.64. The van der Waals surface area contributed by atoms with Crippen LogP contribution in [-0.4, -0.2) is 72.4 Å². The standard InChI is InChI=1S/C19H25N3O3S/c23-19(6-9-21-8-5-16-3-1-2-4-18(16)21)22-12-10-20(11-13-22)17-7-14-26(24,25)15-17/h1-5,8,17H,6-7,9-15H2/t17-/m0/s1. The van der Waals surface area contributed by atoms with Gasteiger partial charge in [0.15, 0.2) is 9.84 Å². The molecule has 26 heavy (non-hydrogen) atoms. The summed E-state index contributed by atoms with van der Waals surface area (Å²) in [6.07, 6.45) is 3.27. The lowest BCUT2D eigenvalue weighted by atomic mass is 10.2. The summed E-state index contributed by atoms with van der Waals surface area (Å²) < 4.78 is 25.4. The molecule has 1 aromatic carbocycles. The van der Waals surface area contributed by atoms with Gasteiger partial charge in [0.05, 0.1) is 11.5 Å². The van der Waals surface area contributed by atoms with Crippen molar-refractivity contribution < 1.29 is 13.2 Å². The van der Waals surface area contributed by atoms with Crippen LogP contribution in [0, 0.1) is 0 Å². The number of fused-ring (bicyclic) bond motifs is 1. The Morgan fingerprint density at radius 1 is 1.08 bits per heavy atom. The Hall–Kier alpha value is -1.86. The molecule has 0 aliphatic carbocycles. The van der Waals surface area contributed by atoms with Crippen molar-refractivity contribution >= 4 is 26.6 Å². The van der Waals surface area contributed by atoms with Crippen LogP contribution in [-0.2, 0) is 21.2 Å². The maximum atomic E-state index is 12.6. The highest BCUT2D eigenvalue weighted by molar-refractivity contribution is 7.91. The number of aryl methyl sites for hydroxylation is 1. The number of amides is 1. The largest absolute Gasteiger partial charge is 0.347 e. The molecule has 2 aromatic rings. The highest BCUT2D eigenvalue weighted by Gasteiger charge is 2.34. The molecule has 4 rings (SSSR count). The minimum atomic E-state index is -2.85. The molecule has 0 spiro atoms. The quantitative estimate of drug-likeness (QED) is 0.810. The van der Waals surface area contributed by atoms with Crippen LogP contribution >= 0.6 is 0 Å². The number of sulfone groups is 1. The molecular weight excluding hydrogens is 350 g/mol. The van der Waals surface area contributed by atoms with Gasteiger partial charge < -0.3 is 9.47 Å². The second-order valence-electron chi connectivity index (χ2n) is 7.29. The van der Waals surface area contributed by atoms with Gasteiger partial charge in [-0.05, 0) is 23.9 Å². The Morgan fingerprint density at radius 2 is 1.85 bits per heavy atom. The zero-order valence-corrected chi connectivity index (χ0v) is 15.7. The molecule has 0 saturated carbocycles. The first kappa shape index (κ1) is 17.5. The Labute approximate surface area is 154 Å². The second-order valence-corrected chi connectivity index (χ2v) is 9.52. The summed E-state index contributed by atoms with van der Waals surface area (Å²) in [5.74, 6) is 0.769. The van der Waals surface area contributed by atoms with Crippen LogP contribution in [0.1, 0.15) is 12.8 Å². The number of nitrogens with zero attached hydrogens (tertiary/aromatic N) is 3. The number of carbonyl (C=O) groups is 1. The molecule has 7 heteroatoms. The predicted molar refractivity (Wildman–Crippen MR) is 102 cm³/mol. The van der Waals surface area contributed by atoms with Crippen molar-refractivity contribution in [3.63, 3.8) is 0 Å². The molecule has 1 aromatic heterocycles. The number of carbonyl (C=O) groups excluding carboxylic acids is 1. The molecule has 0 radical (unpaired) electrons. The van der Waals surface area contributed by atoms with Crippen molar-refractivity contribution in [3.8, 4) is 0 Å². The second kappa shape index (κ2) is 7.04. The minimum Gasteiger partial charge on any atom is -0.347 e. The number of piperazine rings is 1. The van der Waals surface area contributed by atoms with Gasteiger partial charge in [0.25, 0.3) is 0 Å². The van der Waals surface area contributed by atoms with Crippen LogP contribution in [0.2, 0.25) is 0 Å². The highest BCUT2D eigenvalue weighted by atomic mass is 32.2. The summed E-state index contributed by atoms with van der Waals surface area (Å²) in [5.41, 5.74) is 1.16. The highest BCUT2D eigenvalue weighted by Crippen LogP contribution is 2.20. The van der Waals surface area contributed by atoms with Gasteiger partial charge in [-0.3, -0.25) is 9.69 Å². The molecule has 2 fully saturated rings. The van der Waals surface area contributed by atoms with E-state index in [1.807, 2.05) is 23.2 Å². The SMILES string of the molecule is O=C(CCn1ccc2ccccc21)N1CCN([C@H]2CCS(=O)(=O)C2)CC1. The molecule has 140 valence electrons. The molecule has 0 unspecified atom stereocenters. The van der Waals surface area contributed by atoms with E-state index in [0.717, 1.165) is 25.0 Å². The monoisotopic (exact) mass is 375 g/mol. The molecule has 2 aliphatic heterocycles. The summed E-state index contributed by atoms with van der Waals surface area (Å²) in [6.45, 7) is 3.63. The van der Waals surface area contributed by atoms with E-state index >= 15 is 0 Å². The lowest BCUT2D eigenvalue weighted by Crippen LogP contribution is -2.52. The van der Waals surface area contributed by atoms with E-state index in [4.69, 9.17) is 0 Å². The maximum Gasteiger partial charge on any atom is 0.224 e. The van der Waals surface area contributed by atoms with E-state index < -0.39 is 9.84 Å². The Balaban J connectivity index is 1.29. The molecule has 0 bridgehead atoms. The summed E-state index contributed by atoms with van der Waals surface area (Å²) >= 11 is 0. The van der Waals surface area contributed by atoms with Gasteiger partial charge in [0, 0.05) is 56.9 Å². The average Bonchev–Trinajstić information content (AvgIpc) is 3.23. The first-order valence-corrected chi connectivity index (χ1v) is 11.1. The van der Waals surface area contributed by atoms with Crippen LogP contribution in [0.3, 0.4) is 0 Å². The van der Waals surface area contributed by atoms with Crippen LogP contribution in [0.4, 0.5) is 0 Å². The third-order valence-corrected chi connectivity index (χ3v) is 7.39. The summed E-state index contributed by atoms with van der Waals surface area (Å²) in [4.78, 5) is 16.7. The van der Waals surface area contributed by atoms with Crippen LogP contribution in [0.5, 0.6) is 0 Å². The minimum absolute atomic E-state index is 0.142. The lowest BCUT2D eigenvalue weighted by Gasteiger charge is -2.37. The number of hydrogen-bond donors (Lipinski definition) is 0. The van der Waals surface area contributed by atoms with Crippen molar-refractivity contribution in [3.05, 3.63) is 36.5 Å². The van der Waals surface area contributed by atoms with E-state index in [0.29, 0.717) is 31.8 Å². The van der Waals surface area contributed by atoms with E-state index in [9.17, 15) is 13.2 Å². The number of benzene rings is 1. The van der Waals surface area contributed by atoms with Crippen LogP contribution in [0.25, 0.3) is 10.9 Å². The average molecular weight is 375 g/mol. The van der Waals surface area contributed by atoms with Gasteiger partial charge in [-0.2, -0.15) is 0 Å². The summed E-state index contributed by atoms with van der Waals surface area (Å²) in [7, 11) is -2.85.